The van der Waals surface area contributed by atoms with Crippen LogP contribution in [0.5, 0.6) is 0 Å². The number of H-pyrrole nitrogens is 1. The molecule has 1 N–H and O–H groups in total. The molecule has 6 nitrogen and oxygen atoms in total. The smallest absolute Gasteiger partial charge is 0.262 e. The van der Waals surface area contributed by atoms with Crippen LogP contribution in [0, 0.1) is 5.92 Å². The number of aromatic nitrogens is 4. The molecule has 0 aromatic carbocycles. The van der Waals surface area contributed by atoms with Crippen molar-refractivity contribution in [2.45, 2.75) is 70.5 Å². The van der Waals surface area contributed by atoms with Crippen LogP contribution >= 0.6 is 0 Å². The van der Waals surface area contributed by atoms with Crippen molar-refractivity contribution < 1.29 is 0 Å². The molecule has 2 aliphatic carbocycles. The lowest BCUT2D eigenvalue weighted by Gasteiger charge is -2.36. The summed E-state index contributed by atoms with van der Waals surface area (Å²) in [6.45, 7) is 3.06. The molecule has 2 saturated carbocycles. The number of rotatable bonds is 5. The summed E-state index contributed by atoms with van der Waals surface area (Å²) in [5, 5.41) is 4.72. The molecule has 4 rings (SSSR count). The van der Waals surface area contributed by atoms with E-state index in [1.165, 1.54) is 44.9 Å². The highest BCUT2D eigenvalue weighted by Gasteiger charge is 2.36. The Kier molecular flexibility index (Phi) is 4.16. The van der Waals surface area contributed by atoms with Crippen molar-refractivity contribution in [3.63, 3.8) is 0 Å². The first kappa shape index (κ1) is 15.8. The summed E-state index contributed by atoms with van der Waals surface area (Å²) in [5.41, 5.74) is 0.604. The Morgan fingerprint density at radius 3 is 2.50 bits per heavy atom. The SMILES string of the molecule is CCC1CCC(N(Cc2nc3c(cnn3C)c(=O)[nH]2)C2CC2)CC1. The summed E-state index contributed by atoms with van der Waals surface area (Å²) in [7, 11) is 1.84. The number of fused-ring (bicyclic) bond motifs is 1. The number of nitrogens with zero attached hydrogens (tertiary/aromatic N) is 4. The minimum Gasteiger partial charge on any atom is -0.309 e. The molecule has 2 aliphatic rings. The topological polar surface area (TPSA) is 66.8 Å². The maximum atomic E-state index is 12.3. The Labute approximate surface area is 142 Å². The van der Waals surface area contributed by atoms with Crippen LogP contribution in [0.25, 0.3) is 11.0 Å². The summed E-state index contributed by atoms with van der Waals surface area (Å²) in [4.78, 5) is 22.5. The fraction of sp³-hybridized carbons (Fsp3) is 0.722. The molecule has 0 bridgehead atoms. The Morgan fingerprint density at radius 2 is 1.88 bits per heavy atom. The molecule has 0 amide bonds. The second-order valence-electron chi connectivity index (χ2n) is 7.50. The number of nitrogens with one attached hydrogen (secondary N) is 1. The van der Waals surface area contributed by atoms with Crippen molar-refractivity contribution in [3.8, 4) is 0 Å². The monoisotopic (exact) mass is 329 g/mol. The predicted octanol–water partition coefficient (Wildman–Crippen LogP) is 2.59. The van der Waals surface area contributed by atoms with E-state index in [-0.39, 0.29) is 5.56 Å². The van der Waals surface area contributed by atoms with E-state index in [1.54, 1.807) is 10.9 Å². The summed E-state index contributed by atoms with van der Waals surface area (Å²) >= 11 is 0. The highest BCUT2D eigenvalue weighted by atomic mass is 16.1. The zero-order valence-corrected chi connectivity index (χ0v) is 14.7. The van der Waals surface area contributed by atoms with Crippen molar-refractivity contribution in [3.05, 3.63) is 22.4 Å². The van der Waals surface area contributed by atoms with Gasteiger partial charge in [0.15, 0.2) is 5.65 Å². The van der Waals surface area contributed by atoms with Gasteiger partial charge in [0, 0.05) is 19.1 Å². The predicted molar refractivity (Wildman–Crippen MR) is 93.7 cm³/mol. The lowest BCUT2D eigenvalue weighted by Crippen LogP contribution is -2.40. The fourth-order valence-corrected chi connectivity index (χ4v) is 4.17. The minimum absolute atomic E-state index is 0.0754. The molecule has 6 heteroatoms. The van der Waals surface area contributed by atoms with Crippen molar-refractivity contribution in [1.29, 1.82) is 0 Å². The Bertz CT molecular complexity index is 767. The third kappa shape index (κ3) is 2.99. The summed E-state index contributed by atoms with van der Waals surface area (Å²) in [6.07, 6.45) is 10.7. The van der Waals surface area contributed by atoms with Crippen LogP contribution in [-0.4, -0.2) is 36.7 Å². The third-order valence-electron chi connectivity index (χ3n) is 5.86. The summed E-state index contributed by atoms with van der Waals surface area (Å²) < 4.78 is 1.68. The molecule has 0 unspecified atom stereocenters. The number of aryl methyl sites for hydroxylation is 1. The molecule has 0 atom stereocenters. The maximum Gasteiger partial charge on any atom is 0.262 e. The van der Waals surface area contributed by atoms with E-state index >= 15 is 0 Å². The van der Waals surface area contributed by atoms with E-state index < -0.39 is 0 Å². The van der Waals surface area contributed by atoms with E-state index in [1.807, 2.05) is 7.05 Å². The number of aromatic amines is 1. The summed E-state index contributed by atoms with van der Waals surface area (Å²) in [6, 6.07) is 1.33. The van der Waals surface area contributed by atoms with Gasteiger partial charge in [0.25, 0.3) is 5.56 Å². The van der Waals surface area contributed by atoms with Gasteiger partial charge in [0.2, 0.25) is 0 Å². The molecule has 2 aromatic rings. The van der Waals surface area contributed by atoms with Gasteiger partial charge in [-0.3, -0.25) is 14.4 Å². The zero-order valence-electron chi connectivity index (χ0n) is 14.7. The molecular formula is C18H27N5O. The normalized spacial score (nSPS) is 24.8. The molecule has 2 aromatic heterocycles. The Morgan fingerprint density at radius 1 is 1.21 bits per heavy atom. The van der Waals surface area contributed by atoms with E-state index in [0.29, 0.717) is 23.1 Å². The lowest BCUT2D eigenvalue weighted by atomic mass is 9.84. The number of hydrogen-bond acceptors (Lipinski definition) is 4. The van der Waals surface area contributed by atoms with Crippen LogP contribution in [0.15, 0.2) is 11.0 Å². The number of hydrogen-bond donors (Lipinski definition) is 1. The molecular weight excluding hydrogens is 302 g/mol. The van der Waals surface area contributed by atoms with Gasteiger partial charge < -0.3 is 4.98 Å². The Hall–Kier alpha value is -1.69. The van der Waals surface area contributed by atoms with Crippen molar-refractivity contribution >= 4 is 11.0 Å². The van der Waals surface area contributed by atoms with Gasteiger partial charge in [-0.25, -0.2) is 4.98 Å². The minimum atomic E-state index is -0.0754. The first-order chi connectivity index (χ1) is 11.7. The van der Waals surface area contributed by atoms with Crippen LogP contribution in [0.3, 0.4) is 0 Å². The van der Waals surface area contributed by atoms with E-state index in [0.717, 1.165) is 18.3 Å². The third-order valence-corrected chi connectivity index (χ3v) is 5.86. The van der Waals surface area contributed by atoms with E-state index in [2.05, 4.69) is 26.9 Å². The summed E-state index contributed by atoms with van der Waals surface area (Å²) in [5.74, 6) is 1.69. The average Bonchev–Trinajstić information content (AvgIpc) is 3.37. The van der Waals surface area contributed by atoms with Gasteiger partial charge in [-0.15, -0.1) is 0 Å². The van der Waals surface area contributed by atoms with Crippen molar-refractivity contribution in [2.24, 2.45) is 13.0 Å². The molecule has 130 valence electrons. The maximum absolute atomic E-state index is 12.3. The average molecular weight is 329 g/mol. The molecule has 24 heavy (non-hydrogen) atoms. The van der Waals surface area contributed by atoms with Crippen LogP contribution in [0.1, 0.15) is 57.7 Å². The highest BCUT2D eigenvalue weighted by Crippen LogP contribution is 2.36. The van der Waals surface area contributed by atoms with E-state index in [4.69, 9.17) is 0 Å². The first-order valence-corrected chi connectivity index (χ1v) is 9.32. The fourth-order valence-electron chi connectivity index (χ4n) is 4.17. The molecule has 2 fully saturated rings. The lowest BCUT2D eigenvalue weighted by molar-refractivity contribution is 0.117. The first-order valence-electron chi connectivity index (χ1n) is 9.32. The zero-order chi connectivity index (χ0) is 16.7. The van der Waals surface area contributed by atoms with Gasteiger partial charge in [-0.05, 0) is 44.4 Å². The van der Waals surface area contributed by atoms with Crippen LogP contribution < -0.4 is 5.56 Å². The molecule has 0 aliphatic heterocycles. The second kappa shape index (κ2) is 6.31. The molecule has 0 radical (unpaired) electrons. The van der Waals surface area contributed by atoms with Gasteiger partial charge >= 0.3 is 0 Å². The Balaban J connectivity index is 1.55. The van der Waals surface area contributed by atoms with Gasteiger partial charge in [0.05, 0.1) is 12.7 Å². The molecule has 2 heterocycles. The standard InChI is InChI=1S/C18H27N5O/c1-3-12-4-6-13(7-5-12)23(14-8-9-14)11-16-20-17-15(18(24)21-16)10-19-22(17)2/h10,12-14H,3-9,11H2,1-2H3,(H,20,21,24). The van der Waals surface area contributed by atoms with Gasteiger partial charge in [-0.2, -0.15) is 5.10 Å². The van der Waals surface area contributed by atoms with Crippen molar-refractivity contribution in [1.82, 2.24) is 24.6 Å². The van der Waals surface area contributed by atoms with E-state index in [9.17, 15) is 4.79 Å². The molecule has 0 spiro atoms. The van der Waals surface area contributed by atoms with Gasteiger partial charge in [0.1, 0.15) is 11.2 Å². The molecule has 0 saturated heterocycles. The second-order valence-corrected chi connectivity index (χ2v) is 7.50. The quantitative estimate of drug-likeness (QED) is 0.915. The van der Waals surface area contributed by atoms with Crippen molar-refractivity contribution in [2.75, 3.05) is 0 Å². The van der Waals surface area contributed by atoms with Crippen LogP contribution in [-0.2, 0) is 13.6 Å². The van der Waals surface area contributed by atoms with Gasteiger partial charge in [-0.1, -0.05) is 13.3 Å². The van der Waals surface area contributed by atoms with Crippen LogP contribution in [0.2, 0.25) is 0 Å². The van der Waals surface area contributed by atoms with Crippen LogP contribution in [0.4, 0.5) is 0 Å². The highest BCUT2D eigenvalue weighted by molar-refractivity contribution is 5.72. The largest absolute Gasteiger partial charge is 0.309 e.